The first-order chi connectivity index (χ1) is 13.8. The van der Waals surface area contributed by atoms with Crippen molar-refractivity contribution in [2.24, 2.45) is 5.92 Å². The van der Waals surface area contributed by atoms with Gasteiger partial charge in [0, 0.05) is 17.7 Å². The Kier molecular flexibility index (Phi) is 4.77. The summed E-state index contributed by atoms with van der Waals surface area (Å²) in [6, 6.07) is 15.0. The Balaban J connectivity index is 1.56. The van der Waals surface area contributed by atoms with Crippen LogP contribution in [-0.4, -0.2) is 15.8 Å². The van der Waals surface area contributed by atoms with Gasteiger partial charge in [0.2, 0.25) is 0 Å². The highest BCUT2D eigenvalue weighted by Gasteiger charge is 2.37. The molecule has 1 aliphatic carbocycles. The number of alkyl halides is 3. The van der Waals surface area contributed by atoms with Gasteiger partial charge in [-0.05, 0) is 42.7 Å². The zero-order chi connectivity index (χ0) is 20.6. The van der Waals surface area contributed by atoms with E-state index in [1.54, 1.807) is 4.68 Å². The third-order valence-electron chi connectivity index (χ3n) is 4.91. The summed E-state index contributed by atoms with van der Waals surface area (Å²) in [5.74, 6) is 1.35. The number of para-hydroxylation sites is 1. The van der Waals surface area contributed by atoms with E-state index >= 15 is 0 Å². The fourth-order valence-electron chi connectivity index (χ4n) is 3.22. The first kappa shape index (κ1) is 19.0. The normalized spacial score (nSPS) is 18.3. The van der Waals surface area contributed by atoms with Crippen LogP contribution in [0.5, 0.6) is 0 Å². The van der Waals surface area contributed by atoms with Crippen LogP contribution in [0.15, 0.2) is 60.7 Å². The molecule has 0 saturated heterocycles. The Morgan fingerprint density at radius 3 is 2.45 bits per heavy atom. The van der Waals surface area contributed by atoms with Gasteiger partial charge in [0.05, 0.1) is 16.9 Å². The predicted octanol–water partition coefficient (Wildman–Crippen LogP) is 5.66. The maximum absolute atomic E-state index is 12.9. The number of halogens is 3. The molecule has 4 rings (SSSR count). The van der Waals surface area contributed by atoms with Gasteiger partial charge < -0.3 is 5.32 Å². The second kappa shape index (κ2) is 7.27. The Morgan fingerprint density at radius 2 is 1.79 bits per heavy atom. The lowest BCUT2D eigenvalue weighted by molar-refractivity contribution is -0.137. The Morgan fingerprint density at radius 1 is 1.07 bits per heavy atom. The van der Waals surface area contributed by atoms with Crippen LogP contribution >= 0.6 is 0 Å². The molecule has 1 heterocycles. The molecule has 3 aromatic rings. The molecule has 2 unspecified atom stereocenters. The summed E-state index contributed by atoms with van der Waals surface area (Å²) >= 11 is 0. The van der Waals surface area contributed by atoms with E-state index in [1.165, 1.54) is 12.1 Å². The average molecular weight is 400 g/mol. The van der Waals surface area contributed by atoms with E-state index < -0.39 is 17.8 Å². The largest absolute Gasteiger partial charge is 0.416 e. The van der Waals surface area contributed by atoms with Crippen LogP contribution in [-0.2, 0) is 6.18 Å². The molecule has 2 atom stereocenters. The van der Waals surface area contributed by atoms with Crippen molar-refractivity contribution in [1.29, 1.82) is 0 Å². The quantitative estimate of drug-likeness (QED) is 0.594. The highest BCUT2D eigenvalue weighted by atomic mass is 19.4. The van der Waals surface area contributed by atoms with Crippen LogP contribution in [0.1, 0.15) is 30.5 Å². The standard InChI is InChI=1S/C21H19F3N4O/c1-13-10-17(13)18-12-19(28(27-18)16-8-3-2-4-9-16)26-20(29)25-15-7-5-6-14(11-15)21(22,23)24/h2-9,11-13,17H,10H2,1H3,(H2,25,26,29). The van der Waals surface area contributed by atoms with Crippen LogP contribution in [0.2, 0.25) is 0 Å². The molecule has 2 N–H and O–H groups in total. The summed E-state index contributed by atoms with van der Waals surface area (Å²) in [5.41, 5.74) is 0.894. The van der Waals surface area contributed by atoms with E-state index in [9.17, 15) is 18.0 Å². The molecule has 150 valence electrons. The van der Waals surface area contributed by atoms with Crippen molar-refractivity contribution < 1.29 is 18.0 Å². The molecule has 0 spiro atoms. The molecule has 0 bridgehead atoms. The maximum atomic E-state index is 12.9. The molecule has 0 aliphatic heterocycles. The number of nitrogens with zero attached hydrogens (tertiary/aromatic N) is 2. The smallest absolute Gasteiger partial charge is 0.308 e. The topological polar surface area (TPSA) is 59.0 Å². The SMILES string of the molecule is CC1CC1c1cc(NC(=O)Nc2cccc(C(F)(F)F)c2)n(-c2ccccc2)n1. The van der Waals surface area contributed by atoms with E-state index in [0.717, 1.165) is 29.9 Å². The molecule has 5 nitrogen and oxygen atoms in total. The number of nitrogens with one attached hydrogen (secondary N) is 2. The van der Waals surface area contributed by atoms with E-state index in [2.05, 4.69) is 22.7 Å². The van der Waals surface area contributed by atoms with Gasteiger partial charge in [-0.15, -0.1) is 0 Å². The molecule has 8 heteroatoms. The van der Waals surface area contributed by atoms with Crippen molar-refractivity contribution in [2.45, 2.75) is 25.4 Å². The molecule has 1 aromatic heterocycles. The number of benzene rings is 2. The van der Waals surface area contributed by atoms with Crippen LogP contribution in [0.4, 0.5) is 29.5 Å². The number of rotatable bonds is 4. The molecule has 1 fully saturated rings. The van der Waals surface area contributed by atoms with Gasteiger partial charge in [-0.1, -0.05) is 31.2 Å². The second-order valence-corrected chi connectivity index (χ2v) is 7.18. The minimum atomic E-state index is -4.48. The van der Waals surface area contributed by atoms with E-state index in [0.29, 0.717) is 17.7 Å². The van der Waals surface area contributed by atoms with E-state index in [-0.39, 0.29) is 5.69 Å². The summed E-state index contributed by atoms with van der Waals surface area (Å²) < 4.78 is 40.2. The number of amides is 2. The van der Waals surface area contributed by atoms with Crippen molar-refractivity contribution in [2.75, 3.05) is 10.6 Å². The van der Waals surface area contributed by atoms with E-state index in [1.807, 2.05) is 36.4 Å². The average Bonchev–Trinajstić information content (AvgIpc) is 3.27. The Hall–Kier alpha value is -3.29. The number of urea groups is 1. The molecule has 1 saturated carbocycles. The van der Waals surface area contributed by atoms with Gasteiger partial charge >= 0.3 is 12.2 Å². The predicted molar refractivity (Wildman–Crippen MR) is 104 cm³/mol. The summed E-state index contributed by atoms with van der Waals surface area (Å²) in [6.45, 7) is 2.14. The molecule has 2 amide bonds. The summed E-state index contributed by atoms with van der Waals surface area (Å²) in [4.78, 5) is 12.4. The lowest BCUT2D eigenvalue weighted by atomic mass is 10.2. The van der Waals surface area contributed by atoms with Gasteiger partial charge in [-0.2, -0.15) is 18.3 Å². The minimum absolute atomic E-state index is 0.0548. The number of hydrogen-bond donors (Lipinski definition) is 2. The summed E-state index contributed by atoms with van der Waals surface area (Å²) in [6.07, 6.45) is -3.43. The van der Waals surface area contributed by atoms with Gasteiger partial charge in [0.25, 0.3) is 0 Å². The van der Waals surface area contributed by atoms with Crippen LogP contribution < -0.4 is 10.6 Å². The Bertz CT molecular complexity index is 1030. The first-order valence-corrected chi connectivity index (χ1v) is 9.22. The lowest BCUT2D eigenvalue weighted by Gasteiger charge is -2.12. The fourth-order valence-corrected chi connectivity index (χ4v) is 3.22. The zero-order valence-electron chi connectivity index (χ0n) is 15.6. The van der Waals surface area contributed by atoms with Gasteiger partial charge in [-0.25, -0.2) is 9.48 Å². The number of carbonyl (C=O) groups excluding carboxylic acids is 1. The van der Waals surface area contributed by atoms with E-state index in [4.69, 9.17) is 0 Å². The molecular weight excluding hydrogens is 381 g/mol. The third kappa shape index (κ3) is 4.26. The van der Waals surface area contributed by atoms with Crippen molar-refractivity contribution in [3.05, 3.63) is 71.9 Å². The monoisotopic (exact) mass is 400 g/mol. The zero-order valence-corrected chi connectivity index (χ0v) is 15.6. The number of anilines is 2. The molecule has 29 heavy (non-hydrogen) atoms. The molecule has 2 aromatic carbocycles. The summed E-state index contributed by atoms with van der Waals surface area (Å²) in [7, 11) is 0. The lowest BCUT2D eigenvalue weighted by Crippen LogP contribution is -2.21. The second-order valence-electron chi connectivity index (χ2n) is 7.18. The van der Waals surface area contributed by atoms with Crippen LogP contribution in [0.3, 0.4) is 0 Å². The minimum Gasteiger partial charge on any atom is -0.308 e. The highest BCUT2D eigenvalue weighted by Crippen LogP contribution is 2.47. The van der Waals surface area contributed by atoms with Crippen molar-refractivity contribution in [1.82, 2.24) is 9.78 Å². The molecular formula is C21H19F3N4O. The molecule has 1 aliphatic rings. The maximum Gasteiger partial charge on any atom is 0.416 e. The van der Waals surface area contributed by atoms with Gasteiger partial charge in [0.15, 0.2) is 0 Å². The van der Waals surface area contributed by atoms with Gasteiger partial charge in [-0.3, -0.25) is 5.32 Å². The fraction of sp³-hybridized carbons (Fsp3) is 0.238. The Labute approximate surface area is 165 Å². The third-order valence-corrected chi connectivity index (χ3v) is 4.91. The summed E-state index contributed by atoms with van der Waals surface area (Å²) in [5, 5.41) is 9.78. The van der Waals surface area contributed by atoms with Crippen LogP contribution in [0.25, 0.3) is 5.69 Å². The van der Waals surface area contributed by atoms with Crippen molar-refractivity contribution in [3.8, 4) is 5.69 Å². The van der Waals surface area contributed by atoms with Crippen molar-refractivity contribution >= 4 is 17.5 Å². The molecule has 0 radical (unpaired) electrons. The van der Waals surface area contributed by atoms with Crippen molar-refractivity contribution in [3.63, 3.8) is 0 Å². The first-order valence-electron chi connectivity index (χ1n) is 9.22. The highest BCUT2D eigenvalue weighted by molar-refractivity contribution is 5.99. The number of carbonyl (C=O) groups is 1. The number of aromatic nitrogens is 2. The number of hydrogen-bond acceptors (Lipinski definition) is 2. The van der Waals surface area contributed by atoms with Gasteiger partial charge in [0.1, 0.15) is 5.82 Å². The van der Waals surface area contributed by atoms with Crippen LogP contribution in [0, 0.1) is 5.92 Å².